The van der Waals surface area contributed by atoms with E-state index in [0.29, 0.717) is 6.10 Å². The number of ether oxygens (including phenoxy) is 1. The predicted molar refractivity (Wildman–Crippen MR) is 83.9 cm³/mol. The fourth-order valence-electron chi connectivity index (χ4n) is 1.87. The molecular formula is C15H35N3O. The predicted octanol–water partition coefficient (Wildman–Crippen LogP) is 1.66. The molecule has 0 heterocycles. The van der Waals surface area contributed by atoms with Crippen LogP contribution in [-0.2, 0) is 4.74 Å². The van der Waals surface area contributed by atoms with Crippen molar-refractivity contribution in [1.29, 1.82) is 0 Å². The van der Waals surface area contributed by atoms with Crippen LogP contribution >= 0.6 is 0 Å². The molecule has 19 heavy (non-hydrogen) atoms. The minimum absolute atomic E-state index is 0.353. The Hall–Kier alpha value is -0.160. The molecule has 0 aliphatic rings. The summed E-state index contributed by atoms with van der Waals surface area (Å²) in [6.07, 6.45) is 2.69. The maximum Gasteiger partial charge on any atom is 0.0518 e. The average molecular weight is 273 g/mol. The van der Waals surface area contributed by atoms with Crippen LogP contribution in [0.25, 0.3) is 0 Å². The smallest absolute Gasteiger partial charge is 0.0518 e. The monoisotopic (exact) mass is 273 g/mol. The first-order chi connectivity index (χ1) is 9.06. The first kappa shape index (κ1) is 18.8. The van der Waals surface area contributed by atoms with E-state index in [4.69, 9.17) is 4.74 Å². The first-order valence-corrected chi connectivity index (χ1v) is 7.75. The summed E-state index contributed by atoms with van der Waals surface area (Å²) in [6, 6.07) is 0. The molecule has 0 amide bonds. The van der Waals surface area contributed by atoms with Gasteiger partial charge in [0, 0.05) is 32.8 Å². The molecule has 1 N–H and O–H groups in total. The maximum atomic E-state index is 5.52. The van der Waals surface area contributed by atoms with Gasteiger partial charge in [-0.2, -0.15) is 0 Å². The molecule has 0 aliphatic carbocycles. The topological polar surface area (TPSA) is 27.7 Å². The summed E-state index contributed by atoms with van der Waals surface area (Å²) in [6.45, 7) is 14.1. The van der Waals surface area contributed by atoms with Crippen molar-refractivity contribution in [3.63, 3.8) is 0 Å². The van der Waals surface area contributed by atoms with Crippen molar-refractivity contribution in [2.24, 2.45) is 0 Å². The van der Waals surface area contributed by atoms with E-state index >= 15 is 0 Å². The van der Waals surface area contributed by atoms with Crippen LogP contribution in [0.5, 0.6) is 0 Å². The molecule has 0 bridgehead atoms. The van der Waals surface area contributed by atoms with Crippen LogP contribution in [0.3, 0.4) is 0 Å². The number of hydrogen-bond donors (Lipinski definition) is 1. The van der Waals surface area contributed by atoms with E-state index in [2.05, 4.69) is 50.0 Å². The molecule has 0 rings (SSSR count). The van der Waals surface area contributed by atoms with Gasteiger partial charge in [-0.15, -0.1) is 0 Å². The molecule has 0 aromatic rings. The molecule has 0 aromatic carbocycles. The molecule has 0 aliphatic heterocycles. The fraction of sp³-hybridized carbons (Fsp3) is 1.00. The molecule has 0 radical (unpaired) electrons. The Morgan fingerprint density at radius 3 is 2.32 bits per heavy atom. The second kappa shape index (κ2) is 12.9. The third kappa shape index (κ3) is 14.1. The number of rotatable bonds is 13. The molecule has 0 atom stereocenters. The van der Waals surface area contributed by atoms with E-state index in [-0.39, 0.29) is 0 Å². The van der Waals surface area contributed by atoms with Crippen LogP contribution in [0.15, 0.2) is 0 Å². The summed E-state index contributed by atoms with van der Waals surface area (Å²) >= 11 is 0. The number of nitrogens with one attached hydrogen (secondary N) is 1. The Morgan fingerprint density at radius 2 is 1.74 bits per heavy atom. The van der Waals surface area contributed by atoms with Crippen LogP contribution in [0.1, 0.15) is 33.6 Å². The highest BCUT2D eigenvalue weighted by Gasteiger charge is 2.03. The molecule has 4 nitrogen and oxygen atoms in total. The van der Waals surface area contributed by atoms with Crippen molar-refractivity contribution < 1.29 is 4.74 Å². The van der Waals surface area contributed by atoms with Crippen LogP contribution in [0, 0.1) is 0 Å². The quantitative estimate of drug-likeness (QED) is 0.517. The number of hydrogen-bond acceptors (Lipinski definition) is 4. The lowest BCUT2D eigenvalue weighted by Gasteiger charge is -2.23. The summed E-state index contributed by atoms with van der Waals surface area (Å²) in [5, 5.41) is 3.50. The minimum atomic E-state index is 0.353. The van der Waals surface area contributed by atoms with Gasteiger partial charge in [-0.25, -0.2) is 0 Å². The highest BCUT2D eigenvalue weighted by molar-refractivity contribution is 4.61. The summed E-state index contributed by atoms with van der Waals surface area (Å²) in [4.78, 5) is 4.79. The summed E-state index contributed by atoms with van der Waals surface area (Å²) in [5.74, 6) is 0. The molecule has 0 saturated heterocycles. The van der Waals surface area contributed by atoms with E-state index in [9.17, 15) is 0 Å². The lowest BCUT2D eigenvalue weighted by atomic mass is 10.3. The van der Waals surface area contributed by atoms with Gasteiger partial charge in [-0.1, -0.05) is 6.92 Å². The van der Waals surface area contributed by atoms with Crippen LogP contribution in [-0.4, -0.2) is 75.9 Å². The van der Waals surface area contributed by atoms with Gasteiger partial charge in [-0.3, -0.25) is 0 Å². The molecule has 0 saturated carbocycles. The standard InChI is InChI=1S/C15H35N3O/c1-6-10-18(13-12-17(4)5)11-9-16-8-7-14-19-15(2)3/h15-16H,6-14H2,1-5H3. The largest absolute Gasteiger partial charge is 0.379 e. The second-order valence-electron chi connectivity index (χ2n) is 5.67. The van der Waals surface area contributed by atoms with Crippen molar-refractivity contribution >= 4 is 0 Å². The molecule has 116 valence electrons. The minimum Gasteiger partial charge on any atom is -0.379 e. The van der Waals surface area contributed by atoms with Gasteiger partial charge in [0.05, 0.1) is 6.10 Å². The zero-order valence-electron chi connectivity index (χ0n) is 13.7. The molecule has 0 spiro atoms. The summed E-state index contributed by atoms with van der Waals surface area (Å²) in [7, 11) is 4.27. The van der Waals surface area contributed by atoms with Gasteiger partial charge in [0.25, 0.3) is 0 Å². The van der Waals surface area contributed by atoms with Crippen LogP contribution in [0.2, 0.25) is 0 Å². The SMILES string of the molecule is CCCN(CCNCCCOC(C)C)CCN(C)C. The lowest BCUT2D eigenvalue weighted by molar-refractivity contribution is 0.0770. The molecule has 0 aromatic heterocycles. The Labute approximate surface area is 120 Å². The van der Waals surface area contributed by atoms with E-state index in [1.807, 2.05) is 0 Å². The zero-order valence-corrected chi connectivity index (χ0v) is 13.7. The average Bonchev–Trinajstić information content (AvgIpc) is 2.34. The normalized spacial score (nSPS) is 12.0. The Kier molecular flexibility index (Phi) is 12.7. The van der Waals surface area contributed by atoms with Crippen molar-refractivity contribution in [3.8, 4) is 0 Å². The Morgan fingerprint density at radius 1 is 1.00 bits per heavy atom. The van der Waals surface area contributed by atoms with Crippen molar-refractivity contribution in [1.82, 2.24) is 15.1 Å². The fourth-order valence-corrected chi connectivity index (χ4v) is 1.87. The van der Waals surface area contributed by atoms with E-state index in [1.165, 1.54) is 19.5 Å². The van der Waals surface area contributed by atoms with Crippen LogP contribution < -0.4 is 5.32 Å². The summed E-state index contributed by atoms with van der Waals surface area (Å²) < 4.78 is 5.52. The molecule has 0 fully saturated rings. The highest BCUT2D eigenvalue weighted by Crippen LogP contribution is 1.92. The van der Waals surface area contributed by atoms with Gasteiger partial charge in [-0.05, 0) is 53.9 Å². The maximum absolute atomic E-state index is 5.52. The van der Waals surface area contributed by atoms with E-state index < -0.39 is 0 Å². The van der Waals surface area contributed by atoms with Gasteiger partial charge in [0.2, 0.25) is 0 Å². The molecular weight excluding hydrogens is 238 g/mol. The van der Waals surface area contributed by atoms with E-state index in [1.54, 1.807) is 0 Å². The van der Waals surface area contributed by atoms with Gasteiger partial charge < -0.3 is 19.9 Å². The third-order valence-electron chi connectivity index (χ3n) is 2.96. The van der Waals surface area contributed by atoms with Gasteiger partial charge >= 0.3 is 0 Å². The number of nitrogens with zero attached hydrogens (tertiary/aromatic N) is 2. The molecule has 0 unspecified atom stereocenters. The van der Waals surface area contributed by atoms with Crippen LogP contribution in [0.4, 0.5) is 0 Å². The van der Waals surface area contributed by atoms with E-state index in [0.717, 1.165) is 39.2 Å². The first-order valence-electron chi connectivity index (χ1n) is 7.75. The van der Waals surface area contributed by atoms with Gasteiger partial charge in [0.15, 0.2) is 0 Å². The Balaban J connectivity index is 3.47. The van der Waals surface area contributed by atoms with Crippen molar-refractivity contribution in [3.05, 3.63) is 0 Å². The van der Waals surface area contributed by atoms with Crippen molar-refractivity contribution in [2.75, 3.05) is 60.0 Å². The van der Waals surface area contributed by atoms with Gasteiger partial charge in [0.1, 0.15) is 0 Å². The Bertz CT molecular complexity index is 186. The summed E-state index contributed by atoms with van der Waals surface area (Å²) in [5.41, 5.74) is 0. The van der Waals surface area contributed by atoms with Crippen molar-refractivity contribution in [2.45, 2.75) is 39.7 Å². The number of likely N-dealkylation sites (N-methyl/N-ethyl adjacent to an activating group) is 1. The highest BCUT2D eigenvalue weighted by atomic mass is 16.5. The molecule has 4 heteroatoms. The second-order valence-corrected chi connectivity index (χ2v) is 5.67. The zero-order chi connectivity index (χ0) is 14.5. The third-order valence-corrected chi connectivity index (χ3v) is 2.96. The lowest BCUT2D eigenvalue weighted by Crippen LogP contribution is -2.37.